The van der Waals surface area contributed by atoms with Gasteiger partial charge in [0.15, 0.2) is 0 Å². The van der Waals surface area contributed by atoms with Crippen LogP contribution in [0, 0.1) is 19.8 Å². The van der Waals surface area contributed by atoms with Gasteiger partial charge in [-0.15, -0.1) is 0 Å². The Hall–Kier alpha value is -1.04. The van der Waals surface area contributed by atoms with Crippen LogP contribution in [0.15, 0.2) is 35.9 Å². The van der Waals surface area contributed by atoms with E-state index in [1.54, 1.807) is 5.57 Å². The Morgan fingerprint density at radius 2 is 1.44 bits per heavy atom. The largest absolute Gasteiger partial charge is 0.0853 e. The van der Waals surface area contributed by atoms with Crippen LogP contribution in [0.4, 0.5) is 0 Å². The van der Waals surface area contributed by atoms with Crippen molar-refractivity contribution in [3.63, 3.8) is 0 Å². The molecule has 88 valence electrons. The van der Waals surface area contributed by atoms with Gasteiger partial charge in [-0.1, -0.05) is 54.0 Å². The van der Waals surface area contributed by atoms with E-state index in [0.717, 1.165) is 5.92 Å². The summed E-state index contributed by atoms with van der Waals surface area (Å²) in [5.74, 6) is 0.943. The van der Waals surface area contributed by atoms with E-state index in [4.69, 9.17) is 0 Å². The summed E-state index contributed by atoms with van der Waals surface area (Å²) in [5, 5.41) is 0. The highest BCUT2D eigenvalue weighted by Gasteiger charge is 2.05. The SMILES string of the molecule is CC1=CCC(C)CC1.Cc1ccc(C)cc1. The summed E-state index contributed by atoms with van der Waals surface area (Å²) < 4.78 is 0. The minimum atomic E-state index is 0.943. The molecule has 0 aliphatic heterocycles. The molecule has 0 amide bonds. The average molecular weight is 216 g/mol. The quantitative estimate of drug-likeness (QED) is 0.532. The molecule has 1 aliphatic rings. The van der Waals surface area contributed by atoms with Crippen molar-refractivity contribution >= 4 is 0 Å². The van der Waals surface area contributed by atoms with Gasteiger partial charge in [0.25, 0.3) is 0 Å². The van der Waals surface area contributed by atoms with Gasteiger partial charge in [-0.05, 0) is 46.0 Å². The molecule has 0 bridgehead atoms. The van der Waals surface area contributed by atoms with Gasteiger partial charge in [0, 0.05) is 0 Å². The third kappa shape index (κ3) is 5.16. The summed E-state index contributed by atoms with van der Waals surface area (Å²) in [7, 11) is 0. The van der Waals surface area contributed by atoms with Crippen molar-refractivity contribution in [1.29, 1.82) is 0 Å². The third-order valence-corrected chi connectivity index (χ3v) is 3.12. The van der Waals surface area contributed by atoms with E-state index in [9.17, 15) is 0 Å². The Kier molecular flexibility index (Phi) is 5.31. The molecule has 0 aromatic heterocycles. The molecule has 16 heavy (non-hydrogen) atoms. The molecule has 0 N–H and O–H groups in total. The number of hydrogen-bond donors (Lipinski definition) is 0. The predicted molar refractivity (Wildman–Crippen MR) is 72.7 cm³/mol. The number of rotatable bonds is 0. The molecular formula is C16H24. The molecule has 0 spiro atoms. The van der Waals surface area contributed by atoms with E-state index >= 15 is 0 Å². The Balaban J connectivity index is 0.000000160. The summed E-state index contributed by atoms with van der Waals surface area (Å²) in [6, 6.07) is 8.48. The van der Waals surface area contributed by atoms with Crippen LogP contribution in [-0.4, -0.2) is 0 Å². The lowest BCUT2D eigenvalue weighted by atomic mass is 9.92. The zero-order valence-corrected chi connectivity index (χ0v) is 11.1. The van der Waals surface area contributed by atoms with Crippen molar-refractivity contribution in [2.45, 2.75) is 47.0 Å². The maximum Gasteiger partial charge on any atom is -0.0320 e. The lowest BCUT2D eigenvalue weighted by Gasteiger charge is -2.14. The monoisotopic (exact) mass is 216 g/mol. The van der Waals surface area contributed by atoms with E-state index in [0.29, 0.717) is 0 Å². The molecule has 0 heteroatoms. The summed E-state index contributed by atoms with van der Waals surface area (Å²) in [6.07, 6.45) is 6.42. The first-order valence-corrected chi connectivity index (χ1v) is 6.27. The normalized spacial score (nSPS) is 19.5. The minimum Gasteiger partial charge on any atom is -0.0853 e. The van der Waals surface area contributed by atoms with Gasteiger partial charge < -0.3 is 0 Å². The Bertz CT molecular complexity index is 309. The lowest BCUT2D eigenvalue weighted by Crippen LogP contribution is -1.98. The van der Waals surface area contributed by atoms with E-state index in [-0.39, 0.29) is 0 Å². The summed E-state index contributed by atoms with van der Waals surface area (Å²) >= 11 is 0. The van der Waals surface area contributed by atoms with E-state index in [2.05, 4.69) is 58.0 Å². The van der Waals surface area contributed by atoms with Crippen LogP contribution < -0.4 is 0 Å². The zero-order valence-electron chi connectivity index (χ0n) is 11.1. The maximum atomic E-state index is 2.37. The second-order valence-corrected chi connectivity index (χ2v) is 5.08. The second kappa shape index (κ2) is 6.52. The van der Waals surface area contributed by atoms with E-state index < -0.39 is 0 Å². The molecule has 1 aromatic carbocycles. The fourth-order valence-corrected chi connectivity index (χ4v) is 1.73. The summed E-state index contributed by atoms with van der Waals surface area (Å²) in [6.45, 7) is 8.74. The van der Waals surface area contributed by atoms with Crippen molar-refractivity contribution in [3.05, 3.63) is 47.0 Å². The fraction of sp³-hybridized carbons (Fsp3) is 0.500. The minimum absolute atomic E-state index is 0.943. The second-order valence-electron chi connectivity index (χ2n) is 5.08. The van der Waals surface area contributed by atoms with Gasteiger partial charge >= 0.3 is 0 Å². The predicted octanol–water partition coefficient (Wildman–Crippen LogP) is 5.06. The van der Waals surface area contributed by atoms with Gasteiger partial charge in [-0.2, -0.15) is 0 Å². The Morgan fingerprint density at radius 3 is 1.75 bits per heavy atom. The first-order chi connectivity index (χ1) is 7.58. The molecule has 1 atom stereocenters. The van der Waals surface area contributed by atoms with Gasteiger partial charge in [0.05, 0.1) is 0 Å². The molecule has 0 fully saturated rings. The molecule has 0 heterocycles. The molecule has 0 saturated heterocycles. The van der Waals surface area contributed by atoms with Gasteiger partial charge in [-0.3, -0.25) is 0 Å². The molecule has 1 unspecified atom stereocenters. The number of allylic oxidation sites excluding steroid dienone is 2. The van der Waals surface area contributed by atoms with Gasteiger partial charge in [0.1, 0.15) is 0 Å². The van der Waals surface area contributed by atoms with Gasteiger partial charge in [0.2, 0.25) is 0 Å². The molecular weight excluding hydrogens is 192 g/mol. The standard InChI is InChI=1S/C8H14.C8H10/c2*1-7-3-5-8(2)6-4-7/h3,8H,4-6H2,1-2H3;3-6H,1-2H3. The maximum absolute atomic E-state index is 2.37. The van der Waals surface area contributed by atoms with Crippen LogP contribution in [0.1, 0.15) is 44.2 Å². The van der Waals surface area contributed by atoms with Crippen molar-refractivity contribution in [3.8, 4) is 0 Å². The zero-order chi connectivity index (χ0) is 12.0. The van der Waals surface area contributed by atoms with Gasteiger partial charge in [-0.25, -0.2) is 0 Å². The van der Waals surface area contributed by atoms with Crippen LogP contribution in [0.25, 0.3) is 0 Å². The molecule has 0 saturated carbocycles. The number of hydrogen-bond acceptors (Lipinski definition) is 0. The number of benzene rings is 1. The molecule has 2 rings (SSSR count). The highest BCUT2D eigenvalue weighted by atomic mass is 14.1. The Labute approximate surface area is 100 Å². The van der Waals surface area contributed by atoms with Crippen molar-refractivity contribution in [2.24, 2.45) is 5.92 Å². The van der Waals surface area contributed by atoms with E-state index in [1.165, 1.54) is 30.4 Å². The molecule has 0 nitrogen and oxygen atoms in total. The molecule has 0 radical (unpaired) electrons. The fourth-order valence-electron chi connectivity index (χ4n) is 1.73. The van der Waals surface area contributed by atoms with Crippen LogP contribution in [-0.2, 0) is 0 Å². The summed E-state index contributed by atoms with van der Waals surface area (Å²) in [4.78, 5) is 0. The average Bonchev–Trinajstić information content (AvgIpc) is 2.28. The van der Waals surface area contributed by atoms with Crippen molar-refractivity contribution in [1.82, 2.24) is 0 Å². The molecule has 1 aromatic rings. The van der Waals surface area contributed by atoms with E-state index in [1.807, 2.05) is 0 Å². The third-order valence-electron chi connectivity index (χ3n) is 3.12. The van der Waals surface area contributed by atoms with Crippen LogP contribution >= 0.6 is 0 Å². The van der Waals surface area contributed by atoms with Crippen LogP contribution in [0.5, 0.6) is 0 Å². The number of aryl methyl sites for hydroxylation is 2. The summed E-state index contributed by atoms with van der Waals surface area (Å²) in [5.41, 5.74) is 4.24. The lowest BCUT2D eigenvalue weighted by molar-refractivity contribution is 0.514. The van der Waals surface area contributed by atoms with Crippen molar-refractivity contribution in [2.75, 3.05) is 0 Å². The highest BCUT2D eigenvalue weighted by molar-refractivity contribution is 5.19. The smallest absolute Gasteiger partial charge is 0.0320 e. The first kappa shape index (κ1) is 13.0. The van der Waals surface area contributed by atoms with Crippen LogP contribution in [0.3, 0.4) is 0 Å². The highest BCUT2D eigenvalue weighted by Crippen LogP contribution is 2.21. The first-order valence-electron chi connectivity index (χ1n) is 6.27. The molecule has 1 aliphatic carbocycles. The topological polar surface area (TPSA) is 0 Å². The van der Waals surface area contributed by atoms with Crippen molar-refractivity contribution < 1.29 is 0 Å². The Morgan fingerprint density at radius 1 is 0.938 bits per heavy atom. The van der Waals surface area contributed by atoms with Crippen LogP contribution in [0.2, 0.25) is 0 Å².